The second-order valence-corrected chi connectivity index (χ2v) is 7.99. The number of rotatable bonds is 5. The first-order valence-corrected chi connectivity index (χ1v) is 10.5. The number of nitrogens with zero attached hydrogens (tertiary/aromatic N) is 1. The Kier molecular flexibility index (Phi) is 6.25. The average Bonchev–Trinajstić information content (AvgIpc) is 2.71. The number of halogens is 1. The zero-order valence-electron chi connectivity index (χ0n) is 16.4. The summed E-state index contributed by atoms with van der Waals surface area (Å²) in [6.45, 7) is 2.45. The summed E-state index contributed by atoms with van der Waals surface area (Å²) in [5, 5.41) is 2.15. The van der Waals surface area contributed by atoms with Crippen LogP contribution in [0.4, 0.5) is 4.39 Å². The highest BCUT2D eigenvalue weighted by atomic mass is 19.1. The molecule has 148 valence electrons. The first-order valence-electron chi connectivity index (χ1n) is 10.5. The molecular formula is C24H29FNO2+. The Morgan fingerprint density at radius 3 is 2.64 bits per heavy atom. The van der Waals surface area contributed by atoms with Gasteiger partial charge < -0.3 is 4.74 Å². The predicted octanol–water partition coefficient (Wildman–Crippen LogP) is 5.50. The van der Waals surface area contributed by atoms with Crippen molar-refractivity contribution in [2.75, 3.05) is 13.1 Å². The van der Waals surface area contributed by atoms with Gasteiger partial charge in [0.1, 0.15) is 31.3 Å². The van der Waals surface area contributed by atoms with Crippen LogP contribution >= 0.6 is 0 Å². The molecular weight excluding hydrogens is 353 g/mol. The van der Waals surface area contributed by atoms with Crippen molar-refractivity contribution in [2.45, 2.75) is 51.6 Å². The van der Waals surface area contributed by atoms with Gasteiger partial charge in [-0.25, -0.2) is 4.39 Å². The van der Waals surface area contributed by atoms with Crippen molar-refractivity contribution < 1.29 is 13.7 Å². The van der Waals surface area contributed by atoms with Crippen molar-refractivity contribution in [1.82, 2.24) is 5.06 Å². The van der Waals surface area contributed by atoms with Crippen LogP contribution in [0.25, 0.3) is 0 Å². The molecule has 1 heterocycles. The molecule has 2 aliphatic rings. The first kappa shape index (κ1) is 19.0. The molecule has 1 fully saturated rings. The molecule has 1 aliphatic heterocycles. The summed E-state index contributed by atoms with van der Waals surface area (Å²) in [5.41, 5.74) is 3.35. The SMILES string of the molecule is Fc1ccc(COc2ccc3c(c2)CCCN(CC2CCCCC2)[O+]=C3)cc1. The molecule has 0 aromatic heterocycles. The fourth-order valence-corrected chi connectivity index (χ4v) is 4.17. The Hall–Kier alpha value is -2.36. The standard InChI is InChI=1S/C24H29FNO2/c25-23-11-8-20(9-12-23)17-27-24-13-10-22-18-28-26(14-4-7-21(22)15-24)16-19-5-2-1-3-6-19/h8-13,15,18-19H,1-7,14,16-17H2/q+1. The minimum atomic E-state index is -0.224. The molecule has 0 saturated heterocycles. The minimum Gasteiger partial charge on any atom is -0.489 e. The predicted molar refractivity (Wildman–Crippen MR) is 109 cm³/mol. The van der Waals surface area contributed by atoms with Gasteiger partial charge in [0, 0.05) is 0 Å². The Labute approximate surface area is 166 Å². The Morgan fingerprint density at radius 1 is 1.00 bits per heavy atom. The number of ether oxygens (including phenoxy) is 1. The number of hydroxylamine groups is 2. The first-order chi connectivity index (χ1) is 13.8. The fourth-order valence-electron chi connectivity index (χ4n) is 4.17. The van der Waals surface area contributed by atoms with Crippen molar-refractivity contribution in [3.63, 3.8) is 0 Å². The van der Waals surface area contributed by atoms with E-state index in [4.69, 9.17) is 9.26 Å². The van der Waals surface area contributed by atoms with Crippen molar-refractivity contribution in [3.05, 3.63) is 65.0 Å². The van der Waals surface area contributed by atoms with Crippen LogP contribution in [-0.4, -0.2) is 24.4 Å². The zero-order valence-corrected chi connectivity index (χ0v) is 16.4. The number of hydrogen-bond donors (Lipinski definition) is 0. The quantitative estimate of drug-likeness (QED) is 0.504. The normalized spacial score (nSPS) is 17.7. The molecule has 0 spiro atoms. The van der Waals surface area contributed by atoms with Crippen molar-refractivity contribution in [2.24, 2.45) is 5.92 Å². The van der Waals surface area contributed by atoms with E-state index in [9.17, 15) is 4.39 Å². The second-order valence-electron chi connectivity index (χ2n) is 7.99. The smallest absolute Gasteiger partial charge is 0.368 e. The van der Waals surface area contributed by atoms with Crippen molar-refractivity contribution in [1.29, 1.82) is 0 Å². The van der Waals surface area contributed by atoms with Crippen LogP contribution in [0, 0.1) is 11.7 Å². The van der Waals surface area contributed by atoms with Crippen LogP contribution in [-0.2, 0) is 13.0 Å². The van der Waals surface area contributed by atoms with Gasteiger partial charge in [0.15, 0.2) is 0 Å². The van der Waals surface area contributed by atoms with Crippen LogP contribution in [0.5, 0.6) is 5.75 Å². The Bertz CT molecular complexity index is 797. The van der Waals surface area contributed by atoms with E-state index in [0.29, 0.717) is 6.61 Å². The lowest BCUT2D eigenvalue weighted by Crippen LogP contribution is -2.29. The summed E-state index contributed by atoms with van der Waals surface area (Å²) in [6, 6.07) is 12.6. The van der Waals surface area contributed by atoms with Gasteiger partial charge in [0.2, 0.25) is 0 Å². The zero-order chi connectivity index (χ0) is 19.2. The fraction of sp³-hybridized carbons (Fsp3) is 0.458. The molecule has 0 amide bonds. The van der Waals surface area contributed by atoms with Crippen LogP contribution in [0.15, 0.2) is 42.5 Å². The van der Waals surface area contributed by atoms with E-state index in [1.54, 1.807) is 12.1 Å². The molecule has 2 aromatic carbocycles. The molecule has 4 heteroatoms. The van der Waals surface area contributed by atoms with Gasteiger partial charge in [-0.2, -0.15) is 0 Å². The maximum atomic E-state index is 13.0. The third kappa shape index (κ3) is 5.12. The van der Waals surface area contributed by atoms with E-state index >= 15 is 0 Å². The van der Waals surface area contributed by atoms with Crippen LogP contribution in [0.3, 0.4) is 0 Å². The van der Waals surface area contributed by atoms with E-state index < -0.39 is 0 Å². The van der Waals surface area contributed by atoms with E-state index in [2.05, 4.69) is 17.2 Å². The summed E-state index contributed by atoms with van der Waals surface area (Å²) in [7, 11) is 0. The van der Waals surface area contributed by atoms with E-state index in [0.717, 1.165) is 48.7 Å². The highest BCUT2D eigenvalue weighted by Crippen LogP contribution is 2.26. The van der Waals surface area contributed by atoms with Crippen molar-refractivity contribution in [3.8, 4) is 5.75 Å². The highest BCUT2D eigenvalue weighted by Gasteiger charge is 2.23. The maximum absolute atomic E-state index is 13.0. The number of hydrogen-bond acceptors (Lipinski definition) is 2. The largest absolute Gasteiger partial charge is 0.489 e. The maximum Gasteiger partial charge on any atom is 0.368 e. The topological polar surface area (TPSA) is 23.8 Å². The summed E-state index contributed by atoms with van der Waals surface area (Å²) in [5.74, 6) is 1.40. The Balaban J connectivity index is 1.38. The monoisotopic (exact) mass is 382 g/mol. The van der Waals surface area contributed by atoms with Crippen LogP contribution in [0.1, 0.15) is 59.7 Å². The summed E-state index contributed by atoms with van der Waals surface area (Å²) in [4.78, 5) is 0. The number of aldehydes is 1. The molecule has 3 nitrogen and oxygen atoms in total. The van der Waals surface area contributed by atoms with Gasteiger partial charge in [0.25, 0.3) is 0 Å². The lowest BCUT2D eigenvalue weighted by Gasteiger charge is -2.22. The molecule has 0 bridgehead atoms. The number of carbonyl (C=O) groups excluding carboxylic acids is 1. The van der Waals surface area contributed by atoms with E-state index in [-0.39, 0.29) is 5.82 Å². The minimum absolute atomic E-state index is 0.224. The molecule has 4 rings (SSSR count). The summed E-state index contributed by atoms with van der Waals surface area (Å²) in [6.07, 6.45) is 10.8. The lowest BCUT2D eigenvalue weighted by atomic mass is 9.89. The van der Waals surface area contributed by atoms with Crippen LogP contribution in [0.2, 0.25) is 0 Å². The molecule has 1 saturated carbocycles. The van der Waals surface area contributed by atoms with Gasteiger partial charge in [-0.1, -0.05) is 36.5 Å². The van der Waals surface area contributed by atoms with Gasteiger partial charge in [-0.15, -0.1) is 4.53 Å². The molecule has 2 aromatic rings. The highest BCUT2D eigenvalue weighted by molar-refractivity contribution is 5.78. The molecule has 0 radical (unpaired) electrons. The van der Waals surface area contributed by atoms with E-state index in [1.807, 2.05) is 12.4 Å². The molecule has 0 atom stereocenters. The third-order valence-corrected chi connectivity index (χ3v) is 5.80. The Morgan fingerprint density at radius 2 is 1.82 bits per heavy atom. The van der Waals surface area contributed by atoms with Crippen molar-refractivity contribution >= 4 is 6.29 Å². The molecule has 0 N–H and O–H groups in total. The molecule has 28 heavy (non-hydrogen) atoms. The third-order valence-electron chi connectivity index (χ3n) is 5.80. The average molecular weight is 382 g/mol. The van der Waals surface area contributed by atoms with E-state index in [1.165, 1.54) is 49.8 Å². The lowest BCUT2D eigenvalue weighted by molar-refractivity contribution is -0.491. The van der Waals surface area contributed by atoms with Gasteiger partial charge in [-0.3, -0.25) is 0 Å². The number of benzene rings is 2. The molecule has 1 aliphatic carbocycles. The second kappa shape index (κ2) is 9.22. The van der Waals surface area contributed by atoms with Gasteiger partial charge in [-0.05, 0) is 73.1 Å². The van der Waals surface area contributed by atoms with Gasteiger partial charge in [0.05, 0.1) is 5.56 Å². The summed E-state index contributed by atoms with van der Waals surface area (Å²) >= 11 is 0. The summed E-state index contributed by atoms with van der Waals surface area (Å²) < 4.78 is 24.9. The number of aryl methyl sites for hydroxylation is 1. The molecule has 0 unspecified atom stereocenters. The number of fused-ring (bicyclic) bond motifs is 1. The van der Waals surface area contributed by atoms with Gasteiger partial charge >= 0.3 is 6.29 Å². The van der Waals surface area contributed by atoms with Crippen LogP contribution < -0.4 is 4.74 Å².